The largest absolute Gasteiger partial charge is 0.481 e. The van der Waals surface area contributed by atoms with Crippen molar-refractivity contribution in [3.05, 3.63) is 39.7 Å². The number of aryl methyl sites for hydroxylation is 1. The van der Waals surface area contributed by atoms with Crippen molar-refractivity contribution in [3.8, 4) is 5.75 Å². The van der Waals surface area contributed by atoms with E-state index >= 15 is 0 Å². The molecule has 1 aromatic carbocycles. The van der Waals surface area contributed by atoms with Gasteiger partial charge in [0.2, 0.25) is 5.91 Å². The summed E-state index contributed by atoms with van der Waals surface area (Å²) >= 11 is 0. The maximum atomic E-state index is 12.7. The number of fused-ring (bicyclic) bond motifs is 4. The summed E-state index contributed by atoms with van der Waals surface area (Å²) in [6.45, 7) is 2.57. The van der Waals surface area contributed by atoms with Crippen molar-refractivity contribution in [1.29, 1.82) is 0 Å². The Hall–Kier alpha value is -2.87. The van der Waals surface area contributed by atoms with Crippen molar-refractivity contribution >= 4 is 22.8 Å². The second-order valence-corrected chi connectivity index (χ2v) is 9.97. The maximum absolute atomic E-state index is 12.7. The first kappa shape index (κ1) is 22.9. The van der Waals surface area contributed by atoms with Gasteiger partial charge in [0.25, 0.3) is 5.91 Å². The Morgan fingerprint density at radius 2 is 2.06 bits per heavy atom. The first-order valence-electron chi connectivity index (χ1n) is 12.4. The fourth-order valence-electron chi connectivity index (χ4n) is 5.81. The lowest BCUT2D eigenvalue weighted by Crippen LogP contribution is -2.56. The summed E-state index contributed by atoms with van der Waals surface area (Å²) in [7, 11) is 0. The van der Waals surface area contributed by atoms with Crippen LogP contribution in [-0.2, 0) is 22.4 Å². The zero-order chi connectivity index (χ0) is 23.9. The third-order valence-electron chi connectivity index (χ3n) is 7.82. The average molecular weight is 469 g/mol. The minimum atomic E-state index is -0.823. The van der Waals surface area contributed by atoms with Crippen LogP contribution in [0, 0.1) is 5.92 Å². The van der Waals surface area contributed by atoms with Crippen LogP contribution < -0.4 is 15.7 Å². The molecule has 2 heterocycles. The molecule has 1 aliphatic heterocycles. The molecule has 3 atom stereocenters. The summed E-state index contributed by atoms with van der Waals surface area (Å²) in [6, 6.07) is 5.28. The Balaban J connectivity index is 1.16. The summed E-state index contributed by atoms with van der Waals surface area (Å²) < 4.78 is 11.2. The Kier molecular flexibility index (Phi) is 6.10. The van der Waals surface area contributed by atoms with E-state index < -0.39 is 17.6 Å². The molecule has 2 fully saturated rings. The Morgan fingerprint density at radius 3 is 2.91 bits per heavy atom. The molecule has 8 nitrogen and oxygen atoms in total. The van der Waals surface area contributed by atoms with Crippen molar-refractivity contribution < 1.29 is 23.8 Å². The number of benzene rings is 1. The highest BCUT2D eigenvalue weighted by Gasteiger charge is 2.43. The van der Waals surface area contributed by atoms with E-state index in [2.05, 4.69) is 5.32 Å². The van der Waals surface area contributed by atoms with E-state index in [1.54, 1.807) is 24.0 Å². The van der Waals surface area contributed by atoms with Crippen molar-refractivity contribution in [3.63, 3.8) is 0 Å². The molecule has 3 aliphatic rings. The number of hydrogen-bond donors (Lipinski definition) is 2. The lowest BCUT2D eigenvalue weighted by atomic mass is 9.71. The molecule has 182 valence electrons. The molecular weight excluding hydrogens is 436 g/mol. The van der Waals surface area contributed by atoms with Crippen LogP contribution in [0.4, 0.5) is 0 Å². The van der Waals surface area contributed by atoms with E-state index in [4.69, 9.17) is 9.15 Å². The Morgan fingerprint density at radius 1 is 1.24 bits per heavy atom. The summed E-state index contributed by atoms with van der Waals surface area (Å²) in [5.41, 5.74) is 1.33. The molecule has 1 saturated heterocycles. The molecule has 0 unspecified atom stereocenters. The van der Waals surface area contributed by atoms with Crippen molar-refractivity contribution in [2.75, 3.05) is 19.6 Å². The number of piperidine rings is 1. The molecule has 1 saturated carbocycles. The van der Waals surface area contributed by atoms with Gasteiger partial charge in [-0.1, -0.05) is 12.8 Å². The first-order valence-corrected chi connectivity index (χ1v) is 12.4. The monoisotopic (exact) mass is 468 g/mol. The van der Waals surface area contributed by atoms with Gasteiger partial charge in [-0.15, -0.1) is 0 Å². The number of hydrogen-bond acceptors (Lipinski definition) is 6. The number of likely N-dealkylation sites (tertiary alicyclic amines) is 1. The summed E-state index contributed by atoms with van der Waals surface area (Å²) in [6.07, 6.45) is 6.21. The highest BCUT2D eigenvalue weighted by Crippen LogP contribution is 2.39. The number of nitrogens with zero attached hydrogens (tertiary/aromatic N) is 1. The summed E-state index contributed by atoms with van der Waals surface area (Å²) in [4.78, 5) is 39.2. The minimum absolute atomic E-state index is 0.101. The molecule has 2 N–H and O–H groups in total. The number of ether oxygens (including phenoxy) is 1. The van der Waals surface area contributed by atoms with Crippen LogP contribution in [-0.4, -0.2) is 53.2 Å². The van der Waals surface area contributed by atoms with E-state index in [0.29, 0.717) is 30.8 Å². The highest BCUT2D eigenvalue weighted by atomic mass is 16.5. The molecule has 0 spiro atoms. The van der Waals surface area contributed by atoms with E-state index in [9.17, 15) is 19.5 Å². The minimum Gasteiger partial charge on any atom is -0.481 e. The lowest BCUT2D eigenvalue weighted by molar-refractivity contribution is -0.144. The molecule has 1 aromatic heterocycles. The van der Waals surface area contributed by atoms with Gasteiger partial charge in [-0.25, -0.2) is 4.79 Å². The fourth-order valence-corrected chi connectivity index (χ4v) is 5.81. The fraction of sp³-hybridized carbons (Fsp3) is 0.577. The van der Waals surface area contributed by atoms with Gasteiger partial charge < -0.3 is 24.5 Å². The van der Waals surface area contributed by atoms with Crippen LogP contribution in [0.2, 0.25) is 0 Å². The zero-order valence-corrected chi connectivity index (χ0v) is 19.6. The van der Waals surface area contributed by atoms with Crippen molar-refractivity contribution in [2.45, 2.75) is 70.0 Å². The molecule has 34 heavy (non-hydrogen) atoms. The van der Waals surface area contributed by atoms with Gasteiger partial charge in [-0.05, 0) is 63.1 Å². The smallest absolute Gasteiger partial charge is 0.339 e. The number of aliphatic hydroxyl groups is 1. The Labute approximate surface area is 198 Å². The van der Waals surface area contributed by atoms with Crippen LogP contribution in [0.5, 0.6) is 5.75 Å². The van der Waals surface area contributed by atoms with Gasteiger partial charge in [-0.3, -0.25) is 9.59 Å². The number of amides is 2. The predicted octanol–water partition coefficient (Wildman–Crippen LogP) is 2.32. The molecule has 5 rings (SSSR count). The Bertz CT molecular complexity index is 1170. The van der Waals surface area contributed by atoms with E-state index in [1.807, 2.05) is 6.07 Å². The maximum Gasteiger partial charge on any atom is 0.339 e. The summed E-state index contributed by atoms with van der Waals surface area (Å²) in [5.74, 6) is 0.00539. The molecule has 8 heteroatoms. The zero-order valence-electron chi connectivity index (χ0n) is 19.6. The van der Waals surface area contributed by atoms with E-state index in [-0.39, 0.29) is 24.0 Å². The van der Waals surface area contributed by atoms with E-state index in [0.717, 1.165) is 61.5 Å². The molecule has 2 amide bonds. The number of carbonyl (C=O) groups excluding carboxylic acids is 2. The number of nitrogens with one attached hydrogen (secondary N) is 1. The second-order valence-electron chi connectivity index (χ2n) is 9.97. The third-order valence-corrected chi connectivity index (χ3v) is 7.82. The molecule has 2 aliphatic carbocycles. The summed E-state index contributed by atoms with van der Waals surface area (Å²) in [5, 5.41) is 14.4. The van der Waals surface area contributed by atoms with Crippen molar-refractivity contribution in [2.24, 2.45) is 5.92 Å². The van der Waals surface area contributed by atoms with Gasteiger partial charge in [0.1, 0.15) is 11.3 Å². The predicted molar refractivity (Wildman–Crippen MR) is 126 cm³/mol. The van der Waals surface area contributed by atoms with Gasteiger partial charge in [0.15, 0.2) is 6.10 Å². The number of carbonyl (C=O) groups is 2. The van der Waals surface area contributed by atoms with Crippen LogP contribution >= 0.6 is 0 Å². The van der Waals surface area contributed by atoms with Crippen molar-refractivity contribution in [1.82, 2.24) is 10.2 Å². The number of rotatable bonds is 5. The van der Waals surface area contributed by atoms with Crippen LogP contribution in [0.15, 0.2) is 27.4 Å². The molecule has 0 bridgehead atoms. The topological polar surface area (TPSA) is 109 Å². The normalized spacial score (nSPS) is 24.9. The lowest BCUT2D eigenvalue weighted by Gasteiger charge is -2.47. The van der Waals surface area contributed by atoms with Gasteiger partial charge in [0, 0.05) is 36.0 Å². The molecule has 2 aromatic rings. The third kappa shape index (κ3) is 4.31. The van der Waals surface area contributed by atoms with Gasteiger partial charge in [0.05, 0.1) is 12.1 Å². The SMILES string of the molecule is C[C@H](Oc1ccc2c3c(c(=O)oc2c1)CCC3)C(=O)NCC(=O)N1CC[C@]2(O)CCCC[C@@H]2C1. The van der Waals surface area contributed by atoms with Gasteiger partial charge >= 0.3 is 5.63 Å². The first-order chi connectivity index (χ1) is 16.3. The molecule has 0 radical (unpaired) electrons. The van der Waals surface area contributed by atoms with Crippen LogP contribution in [0.1, 0.15) is 56.6 Å². The quantitative estimate of drug-likeness (QED) is 0.652. The average Bonchev–Trinajstić information content (AvgIpc) is 3.32. The molecular formula is C26H32N2O6. The second kappa shape index (κ2) is 9.06. The van der Waals surface area contributed by atoms with E-state index in [1.165, 1.54) is 0 Å². The highest BCUT2D eigenvalue weighted by molar-refractivity contribution is 5.87. The van der Waals surface area contributed by atoms with Gasteiger partial charge in [-0.2, -0.15) is 0 Å². The van der Waals surface area contributed by atoms with Crippen LogP contribution in [0.25, 0.3) is 11.0 Å². The van der Waals surface area contributed by atoms with Crippen LogP contribution in [0.3, 0.4) is 0 Å². The standard InChI is InChI=1S/C26H32N2O6/c1-16(33-18-8-9-20-19-6-4-7-21(19)25(31)34-22(20)13-18)24(30)27-14-23(29)28-12-11-26(32)10-3-2-5-17(26)15-28/h8-9,13,16-17,32H,2-7,10-12,14-15H2,1H3,(H,27,30)/t16-,17+,26+/m0/s1.